The first-order valence-electron chi connectivity index (χ1n) is 13.7. The molecule has 15 heteroatoms. The standard InChI is InChI=1S/C32H25ClF6N4O4/c1-31(2,45)23-24(36)27(18-11-19(33)21(35)12-20(18)34)41-28(25(23)37)32(46,17-7-5-4-6-8-17)14-40-29(44)15-9-16-13-43(30(38)39)42-26(16)22(10-15)47-3/h4-13,30,45-46H,14H2,1-3H3,(H,40,44)/t32-/m1/s1. The van der Waals surface area contributed by atoms with E-state index in [0.29, 0.717) is 10.7 Å². The summed E-state index contributed by atoms with van der Waals surface area (Å²) in [5, 5.41) is 28.7. The van der Waals surface area contributed by atoms with Crippen molar-refractivity contribution in [2.75, 3.05) is 13.7 Å². The van der Waals surface area contributed by atoms with Gasteiger partial charge in [0.05, 0.1) is 29.8 Å². The number of pyridine rings is 1. The van der Waals surface area contributed by atoms with Gasteiger partial charge in [0.2, 0.25) is 0 Å². The summed E-state index contributed by atoms with van der Waals surface area (Å²) in [6, 6.07) is 10.8. The van der Waals surface area contributed by atoms with Crippen molar-refractivity contribution in [1.82, 2.24) is 20.1 Å². The lowest BCUT2D eigenvalue weighted by Gasteiger charge is -2.32. The molecule has 0 fully saturated rings. The Morgan fingerprint density at radius 3 is 2.32 bits per heavy atom. The van der Waals surface area contributed by atoms with E-state index in [2.05, 4.69) is 15.4 Å². The number of fused-ring (bicyclic) bond motifs is 1. The molecule has 1 amide bonds. The first-order chi connectivity index (χ1) is 22.1. The van der Waals surface area contributed by atoms with Crippen LogP contribution >= 0.6 is 11.6 Å². The number of methoxy groups -OCH3 is 1. The molecule has 0 unspecified atom stereocenters. The number of halogens is 7. The maximum atomic E-state index is 16.3. The van der Waals surface area contributed by atoms with Crippen LogP contribution < -0.4 is 10.1 Å². The molecule has 0 saturated carbocycles. The molecular formula is C32H25ClF6N4O4. The summed E-state index contributed by atoms with van der Waals surface area (Å²) in [7, 11) is 1.24. The number of nitrogens with one attached hydrogen (secondary N) is 1. The van der Waals surface area contributed by atoms with Gasteiger partial charge in [-0.2, -0.15) is 13.9 Å². The van der Waals surface area contributed by atoms with Gasteiger partial charge in [0.1, 0.15) is 34.3 Å². The minimum atomic E-state index is -2.97. The van der Waals surface area contributed by atoms with Crippen LogP contribution in [-0.4, -0.2) is 44.5 Å². The minimum absolute atomic E-state index is 0.0175. The van der Waals surface area contributed by atoms with Crippen molar-refractivity contribution in [1.29, 1.82) is 0 Å². The molecule has 246 valence electrons. The Morgan fingerprint density at radius 2 is 1.70 bits per heavy atom. The Bertz CT molecular complexity index is 2000. The van der Waals surface area contributed by atoms with Gasteiger partial charge < -0.3 is 20.3 Å². The number of hydrogen-bond donors (Lipinski definition) is 3. The van der Waals surface area contributed by atoms with Gasteiger partial charge in [0, 0.05) is 28.8 Å². The number of aromatic nitrogens is 3. The highest BCUT2D eigenvalue weighted by atomic mass is 35.5. The van der Waals surface area contributed by atoms with Gasteiger partial charge in [-0.05, 0) is 37.6 Å². The van der Waals surface area contributed by atoms with Crippen molar-refractivity contribution >= 4 is 28.4 Å². The molecule has 2 heterocycles. The summed E-state index contributed by atoms with van der Waals surface area (Å²) in [5.74, 6) is -6.42. The van der Waals surface area contributed by atoms with Gasteiger partial charge in [-0.15, -0.1) is 0 Å². The first-order valence-corrected chi connectivity index (χ1v) is 14.1. The number of carbonyl (C=O) groups is 1. The van der Waals surface area contributed by atoms with Gasteiger partial charge in [0.15, 0.2) is 17.2 Å². The van der Waals surface area contributed by atoms with Crippen LogP contribution in [0.1, 0.15) is 47.6 Å². The smallest absolute Gasteiger partial charge is 0.333 e. The highest BCUT2D eigenvalue weighted by molar-refractivity contribution is 6.31. The van der Waals surface area contributed by atoms with E-state index in [4.69, 9.17) is 16.3 Å². The van der Waals surface area contributed by atoms with Crippen LogP contribution in [0.25, 0.3) is 22.2 Å². The molecule has 2 aromatic heterocycles. The predicted octanol–water partition coefficient (Wildman–Crippen LogP) is 6.61. The van der Waals surface area contributed by atoms with Crippen LogP contribution in [0.4, 0.5) is 26.3 Å². The number of rotatable bonds is 9. The third kappa shape index (κ3) is 6.23. The van der Waals surface area contributed by atoms with Gasteiger partial charge >= 0.3 is 6.55 Å². The zero-order valence-electron chi connectivity index (χ0n) is 24.8. The fourth-order valence-electron chi connectivity index (χ4n) is 5.09. The van der Waals surface area contributed by atoms with Crippen molar-refractivity contribution < 1.29 is 46.1 Å². The maximum Gasteiger partial charge on any atom is 0.333 e. The molecule has 0 aliphatic carbocycles. The lowest BCUT2D eigenvalue weighted by atomic mass is 9.85. The summed E-state index contributed by atoms with van der Waals surface area (Å²) in [6.45, 7) is -1.72. The Balaban J connectivity index is 1.66. The second-order valence-electron chi connectivity index (χ2n) is 11.0. The lowest BCUT2D eigenvalue weighted by molar-refractivity contribution is 0.0556. The number of alkyl halides is 2. The van der Waals surface area contributed by atoms with Gasteiger partial charge in [0.25, 0.3) is 5.91 Å². The van der Waals surface area contributed by atoms with E-state index in [9.17, 15) is 32.6 Å². The van der Waals surface area contributed by atoms with Crippen LogP contribution in [0.2, 0.25) is 5.02 Å². The fraction of sp³-hybridized carbons (Fsp3) is 0.219. The molecule has 1 atom stereocenters. The van der Waals surface area contributed by atoms with E-state index < -0.39 is 81.0 Å². The van der Waals surface area contributed by atoms with E-state index in [1.807, 2.05) is 0 Å². The number of amides is 1. The normalized spacial score (nSPS) is 13.2. The van der Waals surface area contributed by atoms with E-state index in [1.54, 1.807) is 6.07 Å². The Kier molecular flexibility index (Phi) is 8.97. The molecule has 5 rings (SSSR count). The van der Waals surface area contributed by atoms with Crippen molar-refractivity contribution in [2.24, 2.45) is 0 Å². The topological polar surface area (TPSA) is 110 Å². The molecule has 8 nitrogen and oxygen atoms in total. The summed E-state index contributed by atoms with van der Waals surface area (Å²) < 4.78 is 93.3. The number of hydrogen-bond acceptors (Lipinski definition) is 6. The zero-order valence-corrected chi connectivity index (χ0v) is 25.5. The molecule has 0 aliphatic rings. The van der Waals surface area contributed by atoms with E-state index in [0.717, 1.165) is 26.1 Å². The Labute approximate surface area is 268 Å². The molecule has 0 spiro atoms. The highest BCUT2D eigenvalue weighted by Gasteiger charge is 2.42. The monoisotopic (exact) mass is 678 g/mol. The van der Waals surface area contributed by atoms with Crippen molar-refractivity contribution in [2.45, 2.75) is 31.6 Å². The van der Waals surface area contributed by atoms with Crippen molar-refractivity contribution in [3.05, 3.63) is 111 Å². The highest BCUT2D eigenvalue weighted by Crippen LogP contribution is 2.40. The Morgan fingerprint density at radius 1 is 1.02 bits per heavy atom. The first kappa shape index (κ1) is 33.7. The minimum Gasteiger partial charge on any atom is -0.494 e. The second-order valence-corrected chi connectivity index (χ2v) is 11.4. The Hall–Kier alpha value is -4.66. The van der Waals surface area contributed by atoms with E-state index >= 15 is 8.78 Å². The van der Waals surface area contributed by atoms with Crippen LogP contribution in [0.15, 0.2) is 60.8 Å². The summed E-state index contributed by atoms with van der Waals surface area (Å²) in [4.78, 5) is 17.4. The zero-order chi connectivity index (χ0) is 34.4. The maximum absolute atomic E-state index is 16.3. The third-order valence-corrected chi connectivity index (χ3v) is 7.67. The molecule has 3 N–H and O–H groups in total. The molecule has 3 aromatic carbocycles. The summed E-state index contributed by atoms with van der Waals surface area (Å²) in [6.07, 6.45) is 0.998. The van der Waals surface area contributed by atoms with Gasteiger partial charge in [-0.3, -0.25) is 4.79 Å². The SMILES string of the molecule is COc1cc(C(=O)NC[C@@](O)(c2ccccc2)c2nc(-c3cc(Cl)c(F)cc3F)c(F)c(C(C)(C)O)c2F)cc2cn(C(F)F)nc12. The molecule has 0 bridgehead atoms. The third-order valence-electron chi connectivity index (χ3n) is 7.38. The van der Waals surface area contributed by atoms with E-state index in [1.165, 1.54) is 43.5 Å². The molecule has 0 aliphatic heterocycles. The van der Waals surface area contributed by atoms with Crippen molar-refractivity contribution in [3.63, 3.8) is 0 Å². The second kappa shape index (κ2) is 12.5. The summed E-state index contributed by atoms with van der Waals surface area (Å²) in [5.41, 5.74) is -8.57. The predicted molar refractivity (Wildman–Crippen MR) is 159 cm³/mol. The van der Waals surface area contributed by atoms with Crippen LogP contribution in [-0.2, 0) is 11.2 Å². The number of carbonyl (C=O) groups excluding carboxylic acids is 1. The van der Waals surface area contributed by atoms with Gasteiger partial charge in [-0.1, -0.05) is 41.9 Å². The van der Waals surface area contributed by atoms with Gasteiger partial charge in [-0.25, -0.2) is 27.2 Å². The fourth-order valence-corrected chi connectivity index (χ4v) is 5.26. The average molecular weight is 679 g/mol. The molecule has 0 radical (unpaired) electrons. The van der Waals surface area contributed by atoms with Crippen LogP contribution in [0, 0.1) is 23.3 Å². The molecule has 47 heavy (non-hydrogen) atoms. The summed E-state index contributed by atoms with van der Waals surface area (Å²) >= 11 is 5.83. The van der Waals surface area contributed by atoms with Crippen LogP contribution in [0.3, 0.4) is 0 Å². The lowest BCUT2D eigenvalue weighted by Crippen LogP contribution is -2.43. The van der Waals surface area contributed by atoms with Crippen molar-refractivity contribution in [3.8, 4) is 17.0 Å². The number of aliphatic hydroxyl groups is 2. The van der Waals surface area contributed by atoms with E-state index in [-0.39, 0.29) is 27.8 Å². The number of ether oxygens (including phenoxy) is 1. The van der Waals surface area contributed by atoms with Crippen LogP contribution in [0.5, 0.6) is 5.75 Å². The molecule has 5 aromatic rings. The number of nitrogens with zero attached hydrogens (tertiary/aromatic N) is 3. The molecule has 0 saturated heterocycles. The quantitative estimate of drug-likeness (QED) is 0.120. The average Bonchev–Trinajstić information content (AvgIpc) is 3.46. The number of benzene rings is 3. The molecular weight excluding hydrogens is 654 g/mol. The largest absolute Gasteiger partial charge is 0.494 e.